The number of rotatable bonds is 6. The minimum absolute atomic E-state index is 0.931. The van der Waals surface area contributed by atoms with Gasteiger partial charge in [-0.05, 0) is 18.9 Å². The van der Waals surface area contributed by atoms with Gasteiger partial charge in [0.2, 0.25) is 0 Å². The maximum Gasteiger partial charge on any atom is 0.102 e. The van der Waals surface area contributed by atoms with Gasteiger partial charge in [-0.25, -0.2) is 0 Å². The Labute approximate surface area is 94.5 Å². The number of nitrogens with zero attached hydrogens (tertiary/aromatic N) is 1. The Kier molecular flexibility index (Phi) is 5.96. The molecular weight excluding hydrogens is 186 g/mol. The van der Waals surface area contributed by atoms with E-state index in [-0.39, 0.29) is 0 Å². The van der Waals surface area contributed by atoms with Gasteiger partial charge in [-0.1, -0.05) is 25.8 Å². The van der Waals surface area contributed by atoms with Crippen LogP contribution in [0.2, 0.25) is 0 Å². The van der Waals surface area contributed by atoms with Crippen molar-refractivity contribution >= 4 is 0 Å². The first-order valence-corrected chi connectivity index (χ1v) is 6.33. The molecule has 0 N–H and O–H groups in total. The van der Waals surface area contributed by atoms with E-state index >= 15 is 0 Å². The van der Waals surface area contributed by atoms with Gasteiger partial charge < -0.3 is 9.22 Å². The van der Waals surface area contributed by atoms with Gasteiger partial charge in [0.05, 0.1) is 26.8 Å². The third-order valence-corrected chi connectivity index (χ3v) is 3.24. The molecule has 0 aromatic heterocycles. The molecule has 1 rings (SSSR count). The molecular formula is C13H26NO+. The highest BCUT2D eigenvalue weighted by Crippen LogP contribution is 2.08. The maximum absolute atomic E-state index is 5.38. The summed E-state index contributed by atoms with van der Waals surface area (Å²) in [5.41, 5.74) is 0. The van der Waals surface area contributed by atoms with Crippen LogP contribution in [0.25, 0.3) is 0 Å². The minimum Gasteiger partial charge on any atom is -0.370 e. The van der Waals surface area contributed by atoms with Crippen LogP contribution >= 0.6 is 0 Å². The van der Waals surface area contributed by atoms with Gasteiger partial charge in [0, 0.05) is 0 Å². The van der Waals surface area contributed by atoms with Crippen molar-refractivity contribution in [3.63, 3.8) is 0 Å². The van der Waals surface area contributed by atoms with Crippen LogP contribution in [0.3, 0.4) is 0 Å². The summed E-state index contributed by atoms with van der Waals surface area (Å²) in [4.78, 5) is 0. The van der Waals surface area contributed by atoms with Gasteiger partial charge >= 0.3 is 0 Å². The van der Waals surface area contributed by atoms with Crippen LogP contribution in [0.15, 0.2) is 12.2 Å². The quantitative estimate of drug-likeness (QED) is 0.373. The van der Waals surface area contributed by atoms with Crippen molar-refractivity contribution in [2.45, 2.75) is 32.6 Å². The Morgan fingerprint density at radius 3 is 2.53 bits per heavy atom. The molecule has 1 heterocycles. The molecule has 2 heteroatoms. The van der Waals surface area contributed by atoms with Crippen molar-refractivity contribution in [2.75, 3.05) is 39.9 Å². The van der Waals surface area contributed by atoms with Crippen molar-refractivity contribution in [3.05, 3.63) is 12.2 Å². The number of ether oxygens (including phenoxy) is 1. The summed E-state index contributed by atoms with van der Waals surface area (Å²) in [6.07, 6.45) is 10.0. The minimum atomic E-state index is 0.931. The Morgan fingerprint density at radius 2 is 1.87 bits per heavy atom. The third kappa shape index (κ3) is 5.33. The molecule has 0 spiro atoms. The molecule has 0 radical (unpaired) electrons. The fourth-order valence-electron chi connectivity index (χ4n) is 1.93. The lowest BCUT2D eigenvalue weighted by Crippen LogP contribution is -2.51. The molecule has 2 nitrogen and oxygen atoms in total. The van der Waals surface area contributed by atoms with Gasteiger partial charge in [-0.3, -0.25) is 0 Å². The second-order valence-corrected chi connectivity index (χ2v) is 4.83. The van der Waals surface area contributed by atoms with E-state index in [0.717, 1.165) is 17.7 Å². The van der Waals surface area contributed by atoms with Crippen molar-refractivity contribution in [1.29, 1.82) is 0 Å². The molecule has 1 aliphatic rings. The number of likely N-dealkylation sites (N-methyl/N-ethyl adjacent to an activating group) is 1. The Morgan fingerprint density at radius 1 is 1.13 bits per heavy atom. The summed E-state index contributed by atoms with van der Waals surface area (Å²) in [5.74, 6) is 0. The van der Waals surface area contributed by atoms with Gasteiger partial charge in [-0.2, -0.15) is 0 Å². The van der Waals surface area contributed by atoms with E-state index in [1.54, 1.807) is 0 Å². The van der Waals surface area contributed by atoms with Crippen LogP contribution in [0.4, 0.5) is 0 Å². The van der Waals surface area contributed by atoms with E-state index in [1.807, 2.05) is 0 Å². The van der Waals surface area contributed by atoms with Crippen LogP contribution in [-0.4, -0.2) is 44.4 Å². The normalized spacial score (nSPS) is 20.9. The number of allylic oxidation sites excluding steroid dienone is 1. The van der Waals surface area contributed by atoms with Crippen molar-refractivity contribution in [1.82, 2.24) is 0 Å². The van der Waals surface area contributed by atoms with E-state index in [0.29, 0.717) is 0 Å². The van der Waals surface area contributed by atoms with E-state index in [9.17, 15) is 0 Å². The molecule has 1 fully saturated rings. The van der Waals surface area contributed by atoms with Gasteiger partial charge in [0.25, 0.3) is 0 Å². The van der Waals surface area contributed by atoms with Crippen LogP contribution in [0.5, 0.6) is 0 Å². The van der Waals surface area contributed by atoms with Crippen molar-refractivity contribution < 1.29 is 9.22 Å². The zero-order valence-corrected chi connectivity index (χ0v) is 10.4. The molecule has 0 amide bonds. The van der Waals surface area contributed by atoms with Gasteiger partial charge in [0.15, 0.2) is 0 Å². The number of unbranched alkanes of at least 4 members (excludes halogenated alkanes) is 3. The largest absolute Gasteiger partial charge is 0.370 e. The Bertz CT molecular complexity index is 183. The molecule has 0 saturated carbocycles. The maximum atomic E-state index is 5.38. The summed E-state index contributed by atoms with van der Waals surface area (Å²) in [5, 5.41) is 0. The number of morpholine rings is 1. The van der Waals surface area contributed by atoms with Crippen molar-refractivity contribution in [2.24, 2.45) is 0 Å². The lowest BCUT2D eigenvalue weighted by Gasteiger charge is -2.36. The van der Waals surface area contributed by atoms with Crippen LogP contribution in [0.1, 0.15) is 32.6 Å². The van der Waals surface area contributed by atoms with Crippen LogP contribution < -0.4 is 0 Å². The molecule has 15 heavy (non-hydrogen) atoms. The van der Waals surface area contributed by atoms with E-state index in [2.05, 4.69) is 26.1 Å². The highest BCUT2D eigenvalue weighted by molar-refractivity contribution is 4.81. The molecule has 0 aromatic rings. The second-order valence-electron chi connectivity index (χ2n) is 4.83. The molecule has 0 aromatic carbocycles. The Hall–Kier alpha value is -0.340. The molecule has 0 unspecified atom stereocenters. The monoisotopic (exact) mass is 212 g/mol. The van der Waals surface area contributed by atoms with Crippen LogP contribution in [0, 0.1) is 0 Å². The van der Waals surface area contributed by atoms with Gasteiger partial charge in [0.1, 0.15) is 13.1 Å². The van der Waals surface area contributed by atoms with E-state index in [4.69, 9.17) is 4.74 Å². The average molecular weight is 212 g/mol. The average Bonchev–Trinajstić information content (AvgIpc) is 2.24. The van der Waals surface area contributed by atoms with E-state index in [1.165, 1.54) is 45.3 Å². The Balaban J connectivity index is 2.11. The van der Waals surface area contributed by atoms with Crippen LogP contribution in [-0.2, 0) is 4.74 Å². The summed E-state index contributed by atoms with van der Waals surface area (Å²) in [6, 6.07) is 0. The number of hydrogen-bond donors (Lipinski definition) is 0. The lowest BCUT2D eigenvalue weighted by atomic mass is 10.2. The van der Waals surface area contributed by atoms with Crippen molar-refractivity contribution in [3.8, 4) is 0 Å². The number of hydrogen-bond acceptors (Lipinski definition) is 1. The summed E-state index contributed by atoms with van der Waals surface area (Å²) in [7, 11) is 2.33. The predicted molar refractivity (Wildman–Crippen MR) is 64.9 cm³/mol. The molecule has 0 atom stereocenters. The first kappa shape index (κ1) is 12.7. The summed E-state index contributed by atoms with van der Waals surface area (Å²) >= 11 is 0. The van der Waals surface area contributed by atoms with E-state index < -0.39 is 0 Å². The third-order valence-electron chi connectivity index (χ3n) is 3.24. The highest BCUT2D eigenvalue weighted by Gasteiger charge is 2.23. The molecule has 88 valence electrons. The molecule has 0 aliphatic carbocycles. The fourth-order valence-corrected chi connectivity index (χ4v) is 1.93. The first-order valence-electron chi connectivity index (χ1n) is 6.33. The summed E-state index contributed by atoms with van der Waals surface area (Å²) in [6.45, 7) is 7.62. The smallest absolute Gasteiger partial charge is 0.102 e. The number of quaternary nitrogens is 1. The zero-order valence-electron chi connectivity index (χ0n) is 10.4. The highest BCUT2D eigenvalue weighted by atomic mass is 16.5. The predicted octanol–water partition coefficient (Wildman–Crippen LogP) is 2.60. The standard InChI is InChI=1S/C13H26NO/c1-3-4-5-6-7-8-9-14(2)10-12-15-13-11-14/h7-8H,3-6,9-13H2,1-2H3/q+1/b8-7+. The lowest BCUT2D eigenvalue weighted by molar-refractivity contribution is -0.911. The topological polar surface area (TPSA) is 9.23 Å². The zero-order chi connectivity index (χ0) is 11.0. The SMILES string of the molecule is CCCCC/C=C/C[N+]1(C)CCOCC1. The molecule has 1 aliphatic heterocycles. The first-order chi connectivity index (χ1) is 7.27. The molecule has 1 saturated heterocycles. The summed E-state index contributed by atoms with van der Waals surface area (Å²) < 4.78 is 6.54. The van der Waals surface area contributed by atoms with Gasteiger partial charge in [-0.15, -0.1) is 0 Å². The second kappa shape index (κ2) is 7.02. The fraction of sp³-hybridized carbons (Fsp3) is 0.846. The molecule has 0 bridgehead atoms.